The number of azo groups is 2. The molecular weight excluding hydrogens is 775 g/mol. The van der Waals surface area contributed by atoms with Crippen LogP contribution < -0.4 is 21.3 Å². The van der Waals surface area contributed by atoms with Gasteiger partial charge in [0.2, 0.25) is 17.4 Å². The molecule has 0 bridgehead atoms. The molecule has 0 fully saturated rings. The zero-order chi connectivity index (χ0) is 42.1. The Hall–Kier alpha value is -6.41. The van der Waals surface area contributed by atoms with Crippen LogP contribution in [0.2, 0.25) is 0 Å². The summed E-state index contributed by atoms with van der Waals surface area (Å²) >= 11 is 0. The minimum absolute atomic E-state index is 0. The molecule has 0 aliphatic heterocycles. The molecule has 0 amide bonds. The van der Waals surface area contributed by atoms with Crippen molar-refractivity contribution in [2.45, 2.75) is 119 Å². The van der Waals surface area contributed by atoms with Gasteiger partial charge >= 0.3 is 16.8 Å². The van der Waals surface area contributed by atoms with Crippen LogP contribution in [0.15, 0.2) is 30.0 Å². The first kappa shape index (κ1) is 46.7. The number of nitriles is 2. The van der Waals surface area contributed by atoms with Gasteiger partial charge in [0.05, 0.1) is 30.1 Å². The molecule has 2 N–H and O–H groups in total. The third-order valence-electron chi connectivity index (χ3n) is 8.50. The van der Waals surface area contributed by atoms with Gasteiger partial charge in [-0.2, -0.15) is 10.5 Å². The Labute approximate surface area is 340 Å². The maximum atomic E-state index is 12.4. The molecule has 0 aliphatic rings. The summed E-state index contributed by atoms with van der Waals surface area (Å²) in [5.41, 5.74) is -0.264. The average molecular weight is 820 g/mol. The van der Waals surface area contributed by atoms with E-state index in [9.17, 15) is 30.3 Å². The monoisotopic (exact) mass is 819 g/mol. The maximum absolute atomic E-state index is 12.4. The van der Waals surface area contributed by atoms with Crippen molar-refractivity contribution in [3.8, 4) is 23.9 Å². The molecule has 0 atom stereocenters. The number of rotatable bonds is 10. The van der Waals surface area contributed by atoms with E-state index in [1.165, 1.54) is 13.8 Å². The fourth-order valence-corrected chi connectivity index (χ4v) is 5.32. The number of hydrogen-bond donors (Lipinski definition) is 2. The van der Waals surface area contributed by atoms with Crippen LogP contribution in [0.4, 0.5) is 34.4 Å². The first-order chi connectivity index (χ1) is 26.3. The fraction of sp³-hybridized carbons (Fsp3) is 0.474. The van der Waals surface area contributed by atoms with Gasteiger partial charge in [-0.1, -0.05) is 68.2 Å². The molecule has 19 heteroatoms. The average Bonchev–Trinajstić information content (AvgIpc) is 3.76. The number of aromatic nitrogens is 6. The zero-order valence-corrected chi connectivity index (χ0v) is 34.6. The van der Waals surface area contributed by atoms with Gasteiger partial charge in [0.25, 0.3) is 16.8 Å². The van der Waals surface area contributed by atoms with Crippen molar-refractivity contribution in [3.63, 3.8) is 0 Å². The van der Waals surface area contributed by atoms with Crippen LogP contribution in [0.5, 0.6) is 11.8 Å². The van der Waals surface area contributed by atoms with Gasteiger partial charge in [0.1, 0.15) is 29.1 Å². The number of nitrogens with zero attached hydrogens (tertiary/aromatic N) is 14. The normalized spacial score (nSPS) is 11.3. The summed E-state index contributed by atoms with van der Waals surface area (Å²) < 4.78 is 2.25. The van der Waals surface area contributed by atoms with Crippen LogP contribution in [-0.2, 0) is 40.7 Å². The molecule has 299 valence electrons. The summed E-state index contributed by atoms with van der Waals surface area (Å²) in [5, 5.41) is 71.8. The Morgan fingerprint density at radius 1 is 0.702 bits per heavy atom. The molecule has 0 aliphatic carbocycles. The van der Waals surface area contributed by atoms with E-state index in [1.807, 2.05) is 67.5 Å². The second-order valence-corrected chi connectivity index (χ2v) is 14.8. The Kier molecular flexibility index (Phi) is 15.9. The Morgan fingerprint density at radius 3 is 1.60 bits per heavy atom. The molecule has 0 unspecified atom stereocenters. The minimum atomic E-state index is -0.564. The van der Waals surface area contributed by atoms with Gasteiger partial charge in [-0.05, 0) is 49.3 Å². The first-order valence-electron chi connectivity index (χ1n) is 17.7. The maximum Gasteiger partial charge on any atom is 2.00 e. The Balaban J connectivity index is 0.000000387. The molecule has 0 spiro atoms. The molecule has 18 nitrogen and oxygen atoms in total. The van der Waals surface area contributed by atoms with Crippen molar-refractivity contribution in [1.29, 1.82) is 10.5 Å². The zero-order valence-electron chi connectivity index (χ0n) is 33.5. The number of unbranched alkanes of at least 4 members (excludes halogenated alkanes) is 2. The van der Waals surface area contributed by atoms with Crippen LogP contribution in [-0.4, -0.2) is 29.5 Å². The van der Waals surface area contributed by atoms with Crippen LogP contribution in [0, 0.1) is 49.7 Å². The Bertz CT molecular complexity index is 2290. The van der Waals surface area contributed by atoms with Crippen molar-refractivity contribution in [2.75, 3.05) is 0 Å². The van der Waals surface area contributed by atoms with Gasteiger partial charge in [0.15, 0.2) is 0 Å². The largest absolute Gasteiger partial charge is 2.00 e. The molecule has 0 saturated carbocycles. The van der Waals surface area contributed by atoms with Crippen LogP contribution >= 0.6 is 0 Å². The third-order valence-corrected chi connectivity index (χ3v) is 8.50. The fourth-order valence-electron chi connectivity index (χ4n) is 5.32. The number of hydrogen-bond acceptors (Lipinski definition) is 12. The molecule has 57 heavy (non-hydrogen) atoms. The predicted octanol–water partition coefficient (Wildman–Crippen LogP) is 8.30. The van der Waals surface area contributed by atoms with Gasteiger partial charge < -0.3 is 30.6 Å². The van der Waals surface area contributed by atoms with Gasteiger partial charge in [-0.25, -0.2) is 9.69 Å². The third kappa shape index (κ3) is 10.1. The molecular formula is C38H44CoN14O4. The molecule has 4 aromatic heterocycles. The quantitative estimate of drug-likeness (QED) is 0.114. The van der Waals surface area contributed by atoms with Crippen molar-refractivity contribution in [3.05, 3.63) is 77.2 Å². The van der Waals surface area contributed by atoms with E-state index in [-0.39, 0.29) is 104 Å². The van der Waals surface area contributed by atoms with E-state index in [0.29, 0.717) is 24.2 Å². The summed E-state index contributed by atoms with van der Waals surface area (Å²) in [6.45, 7) is 33.6. The van der Waals surface area contributed by atoms with E-state index < -0.39 is 16.5 Å². The van der Waals surface area contributed by atoms with E-state index in [2.05, 4.69) is 50.5 Å². The molecule has 4 heterocycles. The van der Waals surface area contributed by atoms with Crippen LogP contribution in [0.3, 0.4) is 0 Å². The molecule has 0 saturated heterocycles. The Morgan fingerprint density at radius 2 is 1.14 bits per heavy atom. The second kappa shape index (κ2) is 19.4. The molecule has 4 rings (SSSR count). The topological polar surface area (TPSA) is 244 Å². The van der Waals surface area contributed by atoms with Crippen molar-refractivity contribution < 1.29 is 27.0 Å². The molecule has 4 aromatic rings. The summed E-state index contributed by atoms with van der Waals surface area (Å²) in [6.07, 6.45) is 2.94. The number of aromatic hydroxyl groups is 2. The van der Waals surface area contributed by atoms with E-state index >= 15 is 0 Å². The predicted molar refractivity (Wildman–Crippen MR) is 207 cm³/mol. The summed E-state index contributed by atoms with van der Waals surface area (Å²) in [5.74, 6) is -0.662. The van der Waals surface area contributed by atoms with Crippen molar-refractivity contribution in [1.82, 2.24) is 29.5 Å². The van der Waals surface area contributed by atoms with Gasteiger partial charge in [-0.15, -0.1) is 0 Å². The summed E-state index contributed by atoms with van der Waals surface area (Å²) in [4.78, 5) is 31.6. The first-order valence-corrected chi connectivity index (χ1v) is 17.7. The van der Waals surface area contributed by atoms with Crippen molar-refractivity contribution in [2.24, 2.45) is 20.5 Å². The van der Waals surface area contributed by atoms with Crippen LogP contribution in [0.25, 0.3) is 9.69 Å². The SMILES string of the molecule is CCCCn1c(O)c(N=Nc2[n-]nc(C(C)(C)C)c2C#N)c(C)c(C#N)c1=O.[C-]#[N+]c1c(C(C)(C)C)n[n-]c1N=Nc1c(C)c([N+]#[C-])c(=O)n(CCCC)c1O.[Co+2]. The van der Waals surface area contributed by atoms with E-state index in [1.54, 1.807) is 0 Å². The number of pyridine rings is 2. The summed E-state index contributed by atoms with van der Waals surface area (Å²) in [7, 11) is 0. The van der Waals surface area contributed by atoms with E-state index in [4.69, 9.17) is 13.1 Å². The second-order valence-electron chi connectivity index (χ2n) is 14.8. The minimum Gasteiger partial charge on any atom is -0.493 e. The molecule has 0 aromatic carbocycles. The molecule has 1 radical (unpaired) electrons. The smallest absolute Gasteiger partial charge is 0.493 e. The standard InChI is InChI=1S/2C19H23N7O2.Co/c1-8-9-10-26-17(27)12(20-6)11(2)13(18(26)28)22-24-16-14(21-7)15(23-25-16)19(3,4)5;1-6-7-8-26-17(27)12(9-20)11(2)14(18(26)28)22-24-16-13(10-21)15(23-25-16)19(3,4)5;/h8-10H2,1-5H3,(H2,22,23,24,25,27,28);6-8H2,1-5H3,(H2,22,23,24,25,27,28);/q;;+2/p-2. The van der Waals surface area contributed by atoms with E-state index in [0.717, 1.165) is 22.0 Å². The summed E-state index contributed by atoms with van der Waals surface area (Å²) in [6, 6.07) is 3.90. The van der Waals surface area contributed by atoms with Crippen LogP contribution in [0.1, 0.15) is 115 Å². The van der Waals surface area contributed by atoms with Crippen molar-refractivity contribution >= 4 is 34.4 Å². The van der Waals surface area contributed by atoms with Gasteiger partial charge in [-0.3, -0.25) is 39.1 Å². The van der Waals surface area contributed by atoms with Gasteiger partial charge in [0, 0.05) is 24.1 Å².